The number of methoxy groups -OCH3 is 2. The number of phenolic OH excluding ortho intramolecular Hbond substituents is 1. The van der Waals surface area contributed by atoms with E-state index in [4.69, 9.17) is 18.5 Å². The lowest BCUT2D eigenvalue weighted by atomic mass is 10.1. The molecule has 2 aromatic rings. The molecule has 0 radical (unpaired) electrons. The number of anilines is 1. The van der Waals surface area contributed by atoms with Crippen molar-refractivity contribution in [2.24, 2.45) is 0 Å². The fourth-order valence-corrected chi connectivity index (χ4v) is 4.18. The minimum Gasteiger partial charge on any atom is -0.502 e. The molecule has 152 valence electrons. The van der Waals surface area contributed by atoms with Crippen LogP contribution >= 0.6 is 7.60 Å². The highest BCUT2D eigenvalue weighted by Gasteiger charge is 2.32. The molecule has 0 spiro atoms. The number of ether oxygens (including phenoxy) is 2. The Morgan fingerprint density at radius 2 is 1.79 bits per heavy atom. The summed E-state index contributed by atoms with van der Waals surface area (Å²) in [6, 6.07) is 6.66. The summed E-state index contributed by atoms with van der Waals surface area (Å²) in [5.74, 6) is 0.179. The summed E-state index contributed by atoms with van der Waals surface area (Å²) in [6.45, 7) is 3.84. The predicted octanol–water partition coefficient (Wildman–Crippen LogP) is 4.48. The van der Waals surface area contributed by atoms with E-state index in [9.17, 15) is 9.67 Å². The third-order valence-corrected chi connectivity index (χ3v) is 5.88. The Morgan fingerprint density at radius 3 is 2.25 bits per heavy atom. The lowest BCUT2D eigenvalue weighted by Gasteiger charge is -2.21. The molecule has 2 rings (SSSR count). The Labute approximate surface area is 164 Å². The van der Waals surface area contributed by atoms with Gasteiger partial charge < -0.3 is 28.9 Å². The van der Waals surface area contributed by atoms with E-state index in [1.807, 2.05) is 6.07 Å². The number of hydrogen-bond donors (Lipinski definition) is 2. The SMILES string of the molecule is CCOP(=O)(OCC)/C(=C\Nc1cccnc1)c1cc(OC)c(O)c(OC)c1. The molecule has 0 saturated carbocycles. The van der Waals surface area contributed by atoms with E-state index < -0.39 is 7.60 Å². The van der Waals surface area contributed by atoms with Crippen molar-refractivity contribution in [3.8, 4) is 17.2 Å². The van der Waals surface area contributed by atoms with Crippen molar-refractivity contribution >= 4 is 18.6 Å². The van der Waals surface area contributed by atoms with Crippen LogP contribution in [0.15, 0.2) is 42.9 Å². The van der Waals surface area contributed by atoms with Gasteiger partial charge in [-0.1, -0.05) is 0 Å². The molecule has 0 atom stereocenters. The molecule has 9 heteroatoms. The zero-order valence-electron chi connectivity index (χ0n) is 16.3. The highest BCUT2D eigenvalue weighted by atomic mass is 31.2. The van der Waals surface area contributed by atoms with Crippen molar-refractivity contribution in [1.29, 1.82) is 0 Å². The summed E-state index contributed by atoms with van der Waals surface area (Å²) >= 11 is 0. The number of nitrogens with zero attached hydrogens (tertiary/aromatic N) is 1. The van der Waals surface area contributed by atoms with Crippen LogP contribution in [0.4, 0.5) is 5.69 Å². The maximum atomic E-state index is 13.5. The van der Waals surface area contributed by atoms with Gasteiger partial charge in [0.15, 0.2) is 11.5 Å². The van der Waals surface area contributed by atoms with Gasteiger partial charge >= 0.3 is 7.60 Å². The monoisotopic (exact) mass is 408 g/mol. The molecule has 0 saturated heterocycles. The predicted molar refractivity (Wildman–Crippen MR) is 108 cm³/mol. The second-order valence-corrected chi connectivity index (χ2v) is 7.47. The third-order valence-electron chi connectivity index (χ3n) is 3.71. The van der Waals surface area contributed by atoms with Gasteiger partial charge in [0, 0.05) is 12.4 Å². The van der Waals surface area contributed by atoms with Gasteiger partial charge in [-0.25, -0.2) is 0 Å². The lowest BCUT2D eigenvalue weighted by Crippen LogP contribution is -2.02. The molecule has 0 aliphatic rings. The van der Waals surface area contributed by atoms with Gasteiger partial charge in [0.25, 0.3) is 0 Å². The Balaban J connectivity index is 2.62. The number of hydrogen-bond acceptors (Lipinski definition) is 8. The van der Waals surface area contributed by atoms with Crippen LogP contribution in [-0.2, 0) is 13.6 Å². The van der Waals surface area contributed by atoms with Crippen molar-refractivity contribution in [2.45, 2.75) is 13.8 Å². The van der Waals surface area contributed by atoms with E-state index in [1.54, 1.807) is 44.4 Å². The van der Waals surface area contributed by atoms with Gasteiger partial charge in [0.2, 0.25) is 5.75 Å². The first-order chi connectivity index (χ1) is 13.5. The second-order valence-electron chi connectivity index (χ2n) is 5.48. The average Bonchev–Trinajstić information content (AvgIpc) is 2.70. The van der Waals surface area contributed by atoms with E-state index in [1.165, 1.54) is 20.4 Å². The molecule has 1 heterocycles. The van der Waals surface area contributed by atoms with Gasteiger partial charge in [0.05, 0.1) is 44.6 Å². The molecular formula is C19H25N2O6P. The van der Waals surface area contributed by atoms with E-state index in [0.717, 1.165) is 0 Å². The van der Waals surface area contributed by atoms with Gasteiger partial charge in [0.1, 0.15) is 0 Å². The topological polar surface area (TPSA) is 99.1 Å². The van der Waals surface area contributed by atoms with Gasteiger partial charge in [-0.05, 0) is 43.7 Å². The highest BCUT2D eigenvalue weighted by molar-refractivity contribution is 7.65. The van der Waals surface area contributed by atoms with Crippen molar-refractivity contribution in [3.63, 3.8) is 0 Å². The Kier molecular flexibility index (Phi) is 7.87. The maximum Gasteiger partial charge on any atom is 0.363 e. The molecule has 2 N–H and O–H groups in total. The molecular weight excluding hydrogens is 383 g/mol. The first kappa shape index (κ1) is 21.8. The molecule has 0 bridgehead atoms. The van der Waals surface area contributed by atoms with Crippen LogP contribution in [0.5, 0.6) is 17.2 Å². The minimum absolute atomic E-state index is 0.157. The molecule has 8 nitrogen and oxygen atoms in total. The Hall–Kier alpha value is -2.54. The van der Waals surface area contributed by atoms with E-state index in [-0.39, 0.29) is 35.8 Å². The van der Waals surface area contributed by atoms with Crippen LogP contribution in [-0.4, -0.2) is 37.5 Å². The van der Waals surface area contributed by atoms with Crippen LogP contribution in [0.1, 0.15) is 19.4 Å². The van der Waals surface area contributed by atoms with E-state index in [0.29, 0.717) is 11.3 Å². The summed E-state index contributed by atoms with van der Waals surface area (Å²) in [5.41, 5.74) is 1.14. The van der Waals surface area contributed by atoms with Crippen molar-refractivity contribution in [3.05, 3.63) is 48.4 Å². The Bertz CT molecular complexity index is 822. The van der Waals surface area contributed by atoms with E-state index in [2.05, 4.69) is 10.3 Å². The Morgan fingerprint density at radius 1 is 1.18 bits per heavy atom. The minimum atomic E-state index is -3.68. The number of rotatable bonds is 10. The normalized spacial score (nSPS) is 11.9. The van der Waals surface area contributed by atoms with Gasteiger partial charge in [-0.3, -0.25) is 9.55 Å². The molecule has 28 heavy (non-hydrogen) atoms. The summed E-state index contributed by atoms with van der Waals surface area (Å²) in [5, 5.41) is 13.5. The summed E-state index contributed by atoms with van der Waals surface area (Å²) < 4.78 is 35.0. The van der Waals surface area contributed by atoms with Crippen LogP contribution < -0.4 is 14.8 Å². The maximum absolute atomic E-state index is 13.5. The number of benzene rings is 1. The largest absolute Gasteiger partial charge is 0.502 e. The molecule has 1 aromatic carbocycles. The number of aromatic nitrogens is 1. The van der Waals surface area contributed by atoms with Crippen LogP contribution in [0.2, 0.25) is 0 Å². The summed E-state index contributed by atoms with van der Waals surface area (Å²) in [7, 11) is -0.845. The quantitative estimate of drug-likeness (QED) is 0.555. The van der Waals surface area contributed by atoms with Crippen molar-refractivity contribution in [1.82, 2.24) is 4.98 Å². The number of aromatic hydroxyl groups is 1. The summed E-state index contributed by atoms with van der Waals surface area (Å²) in [4.78, 5) is 4.04. The molecule has 1 aromatic heterocycles. The zero-order valence-corrected chi connectivity index (χ0v) is 17.2. The average molecular weight is 408 g/mol. The van der Waals surface area contributed by atoms with Crippen molar-refractivity contribution in [2.75, 3.05) is 32.8 Å². The van der Waals surface area contributed by atoms with Gasteiger partial charge in [-0.2, -0.15) is 0 Å². The van der Waals surface area contributed by atoms with Crippen LogP contribution in [0.3, 0.4) is 0 Å². The first-order valence-corrected chi connectivity index (χ1v) is 10.2. The fraction of sp³-hybridized carbons (Fsp3) is 0.316. The molecule has 0 amide bonds. The first-order valence-electron chi connectivity index (χ1n) is 8.70. The van der Waals surface area contributed by atoms with E-state index >= 15 is 0 Å². The molecule has 0 aliphatic carbocycles. The number of nitrogens with one attached hydrogen (secondary N) is 1. The standard InChI is InChI=1S/C19H25N2O6P/c1-5-26-28(23,27-6-2)18(13-21-15-8-7-9-20-12-15)14-10-16(24-3)19(22)17(11-14)25-4/h7-13,21-22H,5-6H2,1-4H3/b18-13-. The number of pyridine rings is 1. The van der Waals surface area contributed by atoms with Crippen LogP contribution in [0, 0.1) is 0 Å². The zero-order chi connectivity index (χ0) is 20.6. The van der Waals surface area contributed by atoms with Crippen molar-refractivity contribution < 1.29 is 28.2 Å². The fourth-order valence-electron chi connectivity index (χ4n) is 2.48. The lowest BCUT2D eigenvalue weighted by molar-refractivity contribution is 0.230. The smallest absolute Gasteiger partial charge is 0.363 e. The van der Waals surface area contributed by atoms with Gasteiger partial charge in [-0.15, -0.1) is 0 Å². The van der Waals surface area contributed by atoms with Crippen LogP contribution in [0.25, 0.3) is 5.31 Å². The number of phenols is 1. The second kappa shape index (κ2) is 10.1. The highest BCUT2D eigenvalue weighted by Crippen LogP contribution is 2.61. The molecule has 0 aliphatic heterocycles. The third kappa shape index (κ3) is 5.04. The summed E-state index contributed by atoms with van der Waals surface area (Å²) in [6.07, 6.45) is 4.81. The molecule has 0 fully saturated rings. The molecule has 0 unspecified atom stereocenters.